The molecule has 3 N–H and O–H groups in total. The fourth-order valence-electron chi connectivity index (χ4n) is 1.48. The molecule has 0 aliphatic carbocycles. The molecule has 2 aromatic carbocycles. The number of benzene rings is 2. The van der Waals surface area contributed by atoms with Gasteiger partial charge in [0, 0.05) is 11.1 Å². The molecule has 0 aromatic heterocycles. The molecule has 0 saturated heterocycles. The third-order valence-electron chi connectivity index (χ3n) is 2.37. The number of hydrogen-bond acceptors (Lipinski definition) is 3. The summed E-state index contributed by atoms with van der Waals surface area (Å²) in [6, 6.07) is 10.1. The van der Waals surface area contributed by atoms with E-state index in [0.717, 1.165) is 0 Å². The van der Waals surface area contributed by atoms with Crippen molar-refractivity contribution in [1.82, 2.24) is 0 Å². The van der Waals surface area contributed by atoms with Gasteiger partial charge < -0.3 is 15.7 Å². The molecule has 0 heterocycles. The molecule has 0 spiro atoms. The number of nitrogens with zero attached hydrogens (tertiary/aromatic N) is 1. The van der Waals surface area contributed by atoms with E-state index in [1.165, 1.54) is 30.3 Å². The third-order valence-corrected chi connectivity index (χ3v) is 2.60. The number of ether oxygens (including phenoxy) is 1. The van der Waals surface area contributed by atoms with Crippen LogP contribution in [0, 0.1) is 5.82 Å². The Morgan fingerprint density at radius 2 is 1.89 bits per heavy atom. The molecule has 0 unspecified atom stereocenters. The van der Waals surface area contributed by atoms with E-state index in [0.29, 0.717) is 22.1 Å². The van der Waals surface area contributed by atoms with E-state index in [-0.39, 0.29) is 11.7 Å². The van der Waals surface area contributed by atoms with Gasteiger partial charge in [0.05, 0.1) is 5.56 Å². The van der Waals surface area contributed by atoms with Crippen LogP contribution in [0.4, 0.5) is 4.39 Å². The van der Waals surface area contributed by atoms with E-state index in [1.54, 1.807) is 12.1 Å². The van der Waals surface area contributed by atoms with Crippen LogP contribution in [0.1, 0.15) is 5.56 Å². The van der Waals surface area contributed by atoms with Gasteiger partial charge in [-0.15, -0.1) is 0 Å². The molecule has 98 valence electrons. The molecule has 0 aliphatic rings. The van der Waals surface area contributed by atoms with Gasteiger partial charge in [-0.05, 0) is 36.4 Å². The van der Waals surface area contributed by atoms with Crippen molar-refractivity contribution < 1.29 is 14.3 Å². The van der Waals surface area contributed by atoms with Crippen molar-refractivity contribution in [1.29, 1.82) is 0 Å². The fourth-order valence-corrected chi connectivity index (χ4v) is 1.64. The SMILES string of the molecule is N/C(=N/O)c1ccc(Cl)cc1Oc1ccc(F)cc1. The maximum absolute atomic E-state index is 12.8. The van der Waals surface area contributed by atoms with Gasteiger partial charge in [-0.3, -0.25) is 0 Å². The van der Waals surface area contributed by atoms with Crippen molar-refractivity contribution in [2.45, 2.75) is 0 Å². The van der Waals surface area contributed by atoms with E-state index in [9.17, 15) is 4.39 Å². The average molecular weight is 281 g/mol. The first-order valence-electron chi connectivity index (χ1n) is 5.31. The van der Waals surface area contributed by atoms with E-state index in [2.05, 4.69) is 5.16 Å². The van der Waals surface area contributed by atoms with Crippen molar-refractivity contribution in [2.75, 3.05) is 0 Å². The number of oxime groups is 1. The van der Waals surface area contributed by atoms with Gasteiger partial charge in [-0.1, -0.05) is 16.8 Å². The first-order valence-corrected chi connectivity index (χ1v) is 5.69. The predicted molar refractivity (Wildman–Crippen MR) is 70.4 cm³/mol. The van der Waals surface area contributed by atoms with Crippen molar-refractivity contribution in [3.63, 3.8) is 0 Å². The Bertz CT molecular complexity index is 615. The van der Waals surface area contributed by atoms with Crippen molar-refractivity contribution in [3.05, 3.63) is 58.9 Å². The molecule has 0 amide bonds. The minimum atomic E-state index is -0.366. The normalized spacial score (nSPS) is 11.4. The molecule has 6 heteroatoms. The van der Waals surface area contributed by atoms with Crippen LogP contribution in [-0.2, 0) is 0 Å². The predicted octanol–water partition coefficient (Wildman–Crippen LogP) is 3.37. The number of nitrogens with two attached hydrogens (primary N) is 1. The summed E-state index contributed by atoms with van der Waals surface area (Å²) < 4.78 is 18.3. The summed E-state index contributed by atoms with van der Waals surface area (Å²) in [6.45, 7) is 0. The maximum atomic E-state index is 12.8. The van der Waals surface area contributed by atoms with Gasteiger partial charge in [0.1, 0.15) is 17.3 Å². The quantitative estimate of drug-likeness (QED) is 0.392. The second-order valence-corrected chi connectivity index (χ2v) is 4.12. The summed E-state index contributed by atoms with van der Waals surface area (Å²) in [6.07, 6.45) is 0. The van der Waals surface area contributed by atoms with Crippen molar-refractivity contribution in [2.24, 2.45) is 10.9 Å². The van der Waals surface area contributed by atoms with Gasteiger partial charge in [0.2, 0.25) is 0 Å². The molecule has 0 bridgehead atoms. The van der Waals surface area contributed by atoms with Gasteiger partial charge in [0.15, 0.2) is 5.84 Å². The highest BCUT2D eigenvalue weighted by Gasteiger charge is 2.10. The van der Waals surface area contributed by atoms with Crippen LogP contribution in [0.3, 0.4) is 0 Å². The van der Waals surface area contributed by atoms with Crippen LogP contribution in [0.25, 0.3) is 0 Å². The Labute approximate surface area is 113 Å². The zero-order chi connectivity index (χ0) is 13.8. The number of halogens is 2. The number of rotatable bonds is 3. The molecule has 0 saturated carbocycles. The molecule has 0 aliphatic heterocycles. The van der Waals surface area contributed by atoms with Crippen molar-refractivity contribution in [3.8, 4) is 11.5 Å². The number of hydrogen-bond donors (Lipinski definition) is 2. The first-order chi connectivity index (χ1) is 9.10. The van der Waals surface area contributed by atoms with Crippen LogP contribution >= 0.6 is 11.6 Å². The van der Waals surface area contributed by atoms with E-state index in [1.807, 2.05) is 0 Å². The van der Waals surface area contributed by atoms with Gasteiger partial charge >= 0.3 is 0 Å². The zero-order valence-electron chi connectivity index (χ0n) is 9.68. The van der Waals surface area contributed by atoms with E-state index < -0.39 is 0 Å². The fraction of sp³-hybridized carbons (Fsp3) is 0. The summed E-state index contributed by atoms with van der Waals surface area (Å²) in [7, 11) is 0. The Hall–Kier alpha value is -2.27. The lowest BCUT2D eigenvalue weighted by Gasteiger charge is -2.10. The molecule has 0 fully saturated rings. The minimum Gasteiger partial charge on any atom is -0.457 e. The molecule has 19 heavy (non-hydrogen) atoms. The molecular formula is C13H10ClFN2O2. The van der Waals surface area contributed by atoms with E-state index >= 15 is 0 Å². The molecule has 2 rings (SSSR count). The Kier molecular flexibility index (Phi) is 3.87. The van der Waals surface area contributed by atoms with Crippen LogP contribution in [-0.4, -0.2) is 11.0 Å². The largest absolute Gasteiger partial charge is 0.457 e. The highest BCUT2D eigenvalue weighted by molar-refractivity contribution is 6.30. The first kappa shape index (κ1) is 13.2. The second-order valence-electron chi connectivity index (χ2n) is 3.68. The molecule has 2 aromatic rings. The van der Waals surface area contributed by atoms with Crippen LogP contribution < -0.4 is 10.5 Å². The Balaban J connectivity index is 2.38. The summed E-state index contributed by atoms with van der Waals surface area (Å²) >= 11 is 5.87. The van der Waals surface area contributed by atoms with E-state index in [4.69, 9.17) is 27.3 Å². The summed E-state index contributed by atoms with van der Waals surface area (Å²) in [5, 5.41) is 12.1. The summed E-state index contributed by atoms with van der Waals surface area (Å²) in [4.78, 5) is 0. The highest BCUT2D eigenvalue weighted by Crippen LogP contribution is 2.28. The Morgan fingerprint density at radius 3 is 2.53 bits per heavy atom. The van der Waals surface area contributed by atoms with Gasteiger partial charge in [0.25, 0.3) is 0 Å². The lowest BCUT2D eigenvalue weighted by molar-refractivity contribution is 0.318. The lowest BCUT2D eigenvalue weighted by atomic mass is 10.2. The topological polar surface area (TPSA) is 67.8 Å². The maximum Gasteiger partial charge on any atom is 0.173 e. The lowest BCUT2D eigenvalue weighted by Crippen LogP contribution is -2.14. The van der Waals surface area contributed by atoms with Crippen LogP contribution in [0.15, 0.2) is 47.6 Å². The highest BCUT2D eigenvalue weighted by atomic mass is 35.5. The molecule has 4 nitrogen and oxygen atoms in total. The Morgan fingerprint density at radius 1 is 1.21 bits per heavy atom. The van der Waals surface area contributed by atoms with Crippen molar-refractivity contribution >= 4 is 17.4 Å². The summed E-state index contributed by atoms with van der Waals surface area (Å²) in [5.41, 5.74) is 5.93. The third kappa shape index (κ3) is 3.14. The molecule has 0 atom stereocenters. The minimum absolute atomic E-state index is 0.103. The monoisotopic (exact) mass is 280 g/mol. The molecular weight excluding hydrogens is 271 g/mol. The van der Waals surface area contributed by atoms with Crippen LogP contribution in [0.5, 0.6) is 11.5 Å². The zero-order valence-corrected chi connectivity index (χ0v) is 10.4. The summed E-state index contributed by atoms with van der Waals surface area (Å²) in [5.74, 6) is 0.258. The number of amidine groups is 1. The average Bonchev–Trinajstić information content (AvgIpc) is 2.41. The second kappa shape index (κ2) is 5.58. The van der Waals surface area contributed by atoms with Crippen LogP contribution in [0.2, 0.25) is 5.02 Å². The van der Waals surface area contributed by atoms with Gasteiger partial charge in [-0.2, -0.15) is 0 Å². The molecule has 0 radical (unpaired) electrons. The van der Waals surface area contributed by atoms with Gasteiger partial charge in [-0.25, -0.2) is 4.39 Å². The standard InChI is InChI=1S/C13H10ClFN2O2/c14-8-1-6-11(13(16)17-18)12(7-8)19-10-4-2-9(15)3-5-10/h1-7,18H,(H2,16,17). The smallest absolute Gasteiger partial charge is 0.173 e.